The predicted molar refractivity (Wildman–Crippen MR) is 74.8 cm³/mol. The molecule has 0 bridgehead atoms. The number of nitrogens with zero attached hydrogens (tertiary/aromatic N) is 2. The topological polar surface area (TPSA) is 45.5 Å². The molecule has 0 saturated carbocycles. The smallest absolute Gasteiger partial charge is 0.162 e. The van der Waals surface area contributed by atoms with E-state index in [1.807, 2.05) is 18.2 Å². The van der Waals surface area contributed by atoms with Gasteiger partial charge in [0.25, 0.3) is 0 Å². The zero-order valence-electron chi connectivity index (χ0n) is 11.6. The van der Waals surface area contributed by atoms with Crippen molar-refractivity contribution in [1.82, 2.24) is 0 Å². The highest BCUT2D eigenvalue weighted by Gasteiger charge is 2.23. The molecule has 1 aliphatic rings. The van der Waals surface area contributed by atoms with Crippen molar-refractivity contribution >= 4 is 5.69 Å². The molecule has 102 valence electrons. The van der Waals surface area contributed by atoms with Crippen molar-refractivity contribution in [3.63, 3.8) is 0 Å². The predicted octanol–water partition coefficient (Wildman–Crippen LogP) is 2.98. The Morgan fingerprint density at radius 1 is 1.26 bits per heavy atom. The highest BCUT2D eigenvalue weighted by Crippen LogP contribution is 2.34. The molecule has 1 aromatic carbocycles. The summed E-state index contributed by atoms with van der Waals surface area (Å²) in [5, 5.41) is 8.94. The van der Waals surface area contributed by atoms with Gasteiger partial charge in [0.1, 0.15) is 0 Å². The van der Waals surface area contributed by atoms with E-state index >= 15 is 0 Å². The summed E-state index contributed by atoms with van der Waals surface area (Å²) in [6, 6.07) is 8.56. The van der Waals surface area contributed by atoms with E-state index in [1.165, 1.54) is 12.8 Å². The second kappa shape index (κ2) is 6.33. The largest absolute Gasteiger partial charge is 0.493 e. The third-order valence-electron chi connectivity index (χ3n) is 3.65. The van der Waals surface area contributed by atoms with E-state index in [-0.39, 0.29) is 0 Å². The Morgan fingerprint density at radius 3 is 2.74 bits per heavy atom. The molecule has 1 atom stereocenters. The summed E-state index contributed by atoms with van der Waals surface area (Å²) < 4.78 is 10.6. The summed E-state index contributed by atoms with van der Waals surface area (Å²) in [6.45, 7) is 1.00. The summed E-state index contributed by atoms with van der Waals surface area (Å²) in [4.78, 5) is 2.31. The Balaban J connectivity index is 2.26. The molecule has 0 aromatic heterocycles. The molecule has 0 N–H and O–H groups in total. The van der Waals surface area contributed by atoms with Gasteiger partial charge in [0, 0.05) is 24.3 Å². The van der Waals surface area contributed by atoms with Crippen molar-refractivity contribution in [3.8, 4) is 17.6 Å². The summed E-state index contributed by atoms with van der Waals surface area (Å²) in [6.07, 6.45) is 4.04. The minimum atomic E-state index is 0.317. The van der Waals surface area contributed by atoms with Crippen LogP contribution in [0.3, 0.4) is 0 Å². The van der Waals surface area contributed by atoms with Gasteiger partial charge in [-0.2, -0.15) is 5.26 Å². The van der Waals surface area contributed by atoms with Crippen LogP contribution in [0.4, 0.5) is 5.69 Å². The fourth-order valence-electron chi connectivity index (χ4n) is 2.66. The number of ether oxygens (including phenoxy) is 2. The second-order valence-corrected chi connectivity index (χ2v) is 4.74. The van der Waals surface area contributed by atoms with E-state index in [9.17, 15) is 0 Å². The summed E-state index contributed by atoms with van der Waals surface area (Å²) >= 11 is 0. The summed E-state index contributed by atoms with van der Waals surface area (Å²) in [5.41, 5.74) is 1.11. The van der Waals surface area contributed by atoms with Crippen LogP contribution < -0.4 is 14.4 Å². The standard InChI is InChI=1S/C15H20N2O2/c1-18-14-7-6-13(11-15(14)19-2)17-10-4-3-5-12(17)8-9-16/h6-7,11-12H,3-5,8,10H2,1-2H3. The zero-order valence-corrected chi connectivity index (χ0v) is 11.6. The molecule has 1 aromatic rings. The van der Waals surface area contributed by atoms with Crippen molar-refractivity contribution in [1.29, 1.82) is 5.26 Å². The molecule has 1 unspecified atom stereocenters. The number of rotatable bonds is 4. The van der Waals surface area contributed by atoms with Crippen molar-refractivity contribution < 1.29 is 9.47 Å². The average Bonchev–Trinajstić information content (AvgIpc) is 2.47. The van der Waals surface area contributed by atoms with Crippen LogP contribution in [0.15, 0.2) is 18.2 Å². The monoisotopic (exact) mass is 260 g/mol. The van der Waals surface area contributed by atoms with E-state index in [2.05, 4.69) is 11.0 Å². The van der Waals surface area contributed by atoms with Gasteiger partial charge in [0.2, 0.25) is 0 Å². The number of hydrogen-bond donors (Lipinski definition) is 0. The first-order valence-electron chi connectivity index (χ1n) is 6.65. The normalized spacial score (nSPS) is 18.8. The van der Waals surface area contributed by atoms with Crippen molar-refractivity contribution in [2.75, 3.05) is 25.7 Å². The van der Waals surface area contributed by atoms with Gasteiger partial charge < -0.3 is 14.4 Å². The van der Waals surface area contributed by atoms with Crippen LogP contribution in [0, 0.1) is 11.3 Å². The van der Waals surface area contributed by atoms with Gasteiger partial charge >= 0.3 is 0 Å². The lowest BCUT2D eigenvalue weighted by Gasteiger charge is -2.36. The Hall–Kier alpha value is -1.89. The number of hydrogen-bond acceptors (Lipinski definition) is 4. The number of piperidine rings is 1. The number of methoxy groups -OCH3 is 2. The van der Waals surface area contributed by atoms with Crippen LogP contribution in [0.2, 0.25) is 0 Å². The SMILES string of the molecule is COc1ccc(N2CCCCC2CC#N)cc1OC. The first-order valence-corrected chi connectivity index (χ1v) is 6.65. The van der Waals surface area contributed by atoms with Gasteiger partial charge in [-0.15, -0.1) is 0 Å². The molecule has 1 fully saturated rings. The fraction of sp³-hybridized carbons (Fsp3) is 0.533. The van der Waals surface area contributed by atoms with Gasteiger partial charge in [-0.3, -0.25) is 0 Å². The van der Waals surface area contributed by atoms with Crippen molar-refractivity contribution in [3.05, 3.63) is 18.2 Å². The first kappa shape index (κ1) is 13.5. The maximum Gasteiger partial charge on any atom is 0.162 e. The highest BCUT2D eigenvalue weighted by molar-refractivity contribution is 5.57. The van der Waals surface area contributed by atoms with E-state index in [4.69, 9.17) is 14.7 Å². The van der Waals surface area contributed by atoms with Gasteiger partial charge in [-0.1, -0.05) is 0 Å². The van der Waals surface area contributed by atoms with Crippen molar-refractivity contribution in [2.45, 2.75) is 31.7 Å². The molecule has 0 spiro atoms. The molecular weight excluding hydrogens is 240 g/mol. The molecule has 1 saturated heterocycles. The van der Waals surface area contributed by atoms with Gasteiger partial charge in [-0.05, 0) is 31.4 Å². The molecule has 0 amide bonds. The van der Waals surface area contributed by atoms with E-state index < -0.39 is 0 Å². The zero-order chi connectivity index (χ0) is 13.7. The van der Waals surface area contributed by atoms with Crippen LogP contribution in [0.5, 0.6) is 11.5 Å². The second-order valence-electron chi connectivity index (χ2n) is 4.74. The lowest BCUT2D eigenvalue weighted by atomic mass is 9.99. The Morgan fingerprint density at radius 2 is 2.05 bits per heavy atom. The molecular formula is C15H20N2O2. The Labute approximate surface area is 114 Å². The quantitative estimate of drug-likeness (QED) is 0.835. The maximum absolute atomic E-state index is 8.94. The molecule has 1 aliphatic heterocycles. The highest BCUT2D eigenvalue weighted by atomic mass is 16.5. The number of anilines is 1. The number of benzene rings is 1. The van der Waals surface area contributed by atoms with E-state index in [0.717, 1.165) is 30.2 Å². The van der Waals surface area contributed by atoms with E-state index in [0.29, 0.717) is 12.5 Å². The molecule has 4 heteroatoms. The molecule has 19 heavy (non-hydrogen) atoms. The van der Waals surface area contributed by atoms with Crippen LogP contribution in [0.1, 0.15) is 25.7 Å². The minimum absolute atomic E-state index is 0.317. The van der Waals surface area contributed by atoms with Gasteiger partial charge in [0.15, 0.2) is 11.5 Å². The summed E-state index contributed by atoms with van der Waals surface area (Å²) in [7, 11) is 3.28. The van der Waals surface area contributed by atoms with Crippen LogP contribution in [-0.2, 0) is 0 Å². The van der Waals surface area contributed by atoms with Crippen LogP contribution >= 0.6 is 0 Å². The lowest BCUT2D eigenvalue weighted by molar-refractivity contribution is 0.354. The molecule has 4 nitrogen and oxygen atoms in total. The van der Waals surface area contributed by atoms with Crippen molar-refractivity contribution in [2.24, 2.45) is 0 Å². The van der Waals surface area contributed by atoms with Gasteiger partial charge in [-0.25, -0.2) is 0 Å². The molecule has 2 rings (SSSR count). The Bertz CT molecular complexity index is 468. The lowest BCUT2D eigenvalue weighted by Crippen LogP contribution is -2.39. The van der Waals surface area contributed by atoms with Gasteiger partial charge in [0.05, 0.1) is 26.7 Å². The van der Waals surface area contributed by atoms with Crippen LogP contribution in [-0.4, -0.2) is 26.8 Å². The van der Waals surface area contributed by atoms with Crippen LogP contribution in [0.25, 0.3) is 0 Å². The molecule has 0 radical (unpaired) electrons. The molecule has 0 aliphatic carbocycles. The van der Waals surface area contributed by atoms with E-state index in [1.54, 1.807) is 14.2 Å². The third kappa shape index (κ3) is 2.93. The maximum atomic E-state index is 8.94. The number of nitriles is 1. The minimum Gasteiger partial charge on any atom is -0.493 e. The average molecular weight is 260 g/mol. The fourth-order valence-corrected chi connectivity index (χ4v) is 2.66. The Kier molecular flexibility index (Phi) is 4.51. The third-order valence-corrected chi connectivity index (χ3v) is 3.65. The summed E-state index contributed by atoms with van der Waals surface area (Å²) in [5.74, 6) is 1.47. The molecule has 1 heterocycles. The first-order chi connectivity index (χ1) is 9.30.